The third-order valence-electron chi connectivity index (χ3n) is 2.79. The lowest BCUT2D eigenvalue weighted by Crippen LogP contribution is -2.16. The van der Waals surface area contributed by atoms with Crippen LogP contribution in [0.1, 0.15) is 26.2 Å². The molecule has 2 aromatic rings. The van der Waals surface area contributed by atoms with Gasteiger partial charge in [0.05, 0.1) is 13.2 Å². The number of thiophene rings is 2. The fourth-order valence-electron chi connectivity index (χ4n) is 1.98. The van der Waals surface area contributed by atoms with Crippen LogP contribution >= 0.6 is 22.7 Å². The maximum atomic E-state index is 5.25. The topological polar surface area (TPSA) is 21.3 Å². The van der Waals surface area contributed by atoms with Crippen molar-refractivity contribution in [2.75, 3.05) is 14.2 Å². The molecule has 0 saturated carbocycles. The van der Waals surface area contributed by atoms with Gasteiger partial charge in [-0.1, -0.05) is 0 Å². The van der Waals surface area contributed by atoms with E-state index in [1.54, 1.807) is 18.4 Å². The van der Waals surface area contributed by atoms with E-state index >= 15 is 0 Å². The smallest absolute Gasteiger partial charge is 0.129 e. The van der Waals surface area contributed by atoms with Gasteiger partial charge < -0.3 is 10.1 Å². The molecule has 0 bridgehead atoms. The molecule has 17 heavy (non-hydrogen) atoms. The number of hydrogen-bond donors (Lipinski definition) is 1. The Morgan fingerprint density at radius 1 is 1.29 bits per heavy atom. The van der Waals surface area contributed by atoms with Gasteiger partial charge in [0.25, 0.3) is 0 Å². The predicted octanol–water partition coefficient (Wildman–Crippen LogP) is 3.74. The van der Waals surface area contributed by atoms with Crippen molar-refractivity contribution < 1.29 is 4.74 Å². The van der Waals surface area contributed by atoms with Crippen molar-refractivity contribution in [3.05, 3.63) is 37.7 Å². The van der Waals surface area contributed by atoms with E-state index in [1.165, 1.54) is 20.2 Å². The van der Waals surface area contributed by atoms with E-state index in [1.807, 2.05) is 23.8 Å². The normalized spacial score (nSPS) is 12.7. The Kier molecular flexibility index (Phi) is 3.86. The number of nitrogens with one attached hydrogen (secondary N) is 1. The minimum Gasteiger partial charge on any atom is -0.496 e. The molecular formula is C13H17NOS2. The Balaban J connectivity index is 2.36. The summed E-state index contributed by atoms with van der Waals surface area (Å²) in [4.78, 5) is 4.04. The molecule has 1 atom stereocenters. The summed E-state index contributed by atoms with van der Waals surface area (Å²) in [6.07, 6.45) is 0. The molecule has 4 heteroatoms. The number of rotatable bonds is 4. The van der Waals surface area contributed by atoms with E-state index in [0.717, 1.165) is 5.75 Å². The Morgan fingerprint density at radius 3 is 2.53 bits per heavy atom. The molecule has 0 radical (unpaired) electrons. The Bertz CT molecular complexity index is 501. The quantitative estimate of drug-likeness (QED) is 0.911. The fourth-order valence-corrected chi connectivity index (χ4v) is 3.93. The van der Waals surface area contributed by atoms with E-state index in [4.69, 9.17) is 4.74 Å². The molecule has 2 aromatic heterocycles. The van der Waals surface area contributed by atoms with Crippen molar-refractivity contribution in [2.45, 2.75) is 19.9 Å². The van der Waals surface area contributed by atoms with Crippen molar-refractivity contribution in [3.8, 4) is 5.75 Å². The van der Waals surface area contributed by atoms with E-state index in [0.29, 0.717) is 0 Å². The number of ether oxygens (including phenoxy) is 1. The molecule has 0 fully saturated rings. The second kappa shape index (κ2) is 5.21. The van der Waals surface area contributed by atoms with Gasteiger partial charge in [-0.25, -0.2) is 0 Å². The number of aryl methyl sites for hydroxylation is 2. The lowest BCUT2D eigenvalue weighted by molar-refractivity contribution is 0.416. The summed E-state index contributed by atoms with van der Waals surface area (Å²) >= 11 is 3.59. The highest BCUT2D eigenvalue weighted by atomic mass is 32.1. The first-order chi connectivity index (χ1) is 8.15. The largest absolute Gasteiger partial charge is 0.496 e. The van der Waals surface area contributed by atoms with Gasteiger partial charge in [0, 0.05) is 20.0 Å². The van der Waals surface area contributed by atoms with Crippen LogP contribution in [0.5, 0.6) is 5.75 Å². The SMILES string of the molecule is CNC(c1cc(OC)cs1)c1cc(C)sc1C. The number of methoxy groups -OCH3 is 1. The van der Waals surface area contributed by atoms with Crippen molar-refractivity contribution in [2.24, 2.45) is 0 Å². The zero-order valence-corrected chi connectivity index (χ0v) is 12.2. The van der Waals surface area contributed by atoms with Crippen LogP contribution < -0.4 is 10.1 Å². The Hall–Kier alpha value is -0.840. The lowest BCUT2D eigenvalue weighted by Gasteiger charge is -2.14. The first-order valence-electron chi connectivity index (χ1n) is 5.52. The van der Waals surface area contributed by atoms with E-state index in [-0.39, 0.29) is 6.04 Å². The van der Waals surface area contributed by atoms with E-state index in [2.05, 4.69) is 31.3 Å². The van der Waals surface area contributed by atoms with Gasteiger partial charge in [0.2, 0.25) is 0 Å². The molecular weight excluding hydrogens is 250 g/mol. The van der Waals surface area contributed by atoms with Crippen LogP contribution in [0.4, 0.5) is 0 Å². The van der Waals surface area contributed by atoms with Crippen molar-refractivity contribution in [3.63, 3.8) is 0 Å². The zero-order chi connectivity index (χ0) is 12.4. The first-order valence-corrected chi connectivity index (χ1v) is 7.22. The van der Waals surface area contributed by atoms with Crippen LogP contribution in [0.25, 0.3) is 0 Å². The van der Waals surface area contributed by atoms with Gasteiger partial charge in [-0.05, 0) is 38.6 Å². The molecule has 2 heterocycles. The van der Waals surface area contributed by atoms with Crippen LogP contribution in [-0.2, 0) is 0 Å². The zero-order valence-electron chi connectivity index (χ0n) is 10.5. The molecule has 0 aliphatic carbocycles. The van der Waals surface area contributed by atoms with Crippen LogP contribution in [0.3, 0.4) is 0 Å². The molecule has 0 saturated heterocycles. The van der Waals surface area contributed by atoms with Gasteiger partial charge in [0.15, 0.2) is 0 Å². The van der Waals surface area contributed by atoms with Gasteiger partial charge in [-0.15, -0.1) is 22.7 Å². The van der Waals surface area contributed by atoms with Crippen LogP contribution in [-0.4, -0.2) is 14.2 Å². The Morgan fingerprint density at radius 2 is 2.06 bits per heavy atom. The maximum absolute atomic E-state index is 5.25. The highest BCUT2D eigenvalue weighted by molar-refractivity contribution is 7.12. The van der Waals surface area contributed by atoms with E-state index < -0.39 is 0 Å². The first kappa shape index (κ1) is 12.6. The molecule has 1 N–H and O–H groups in total. The minimum atomic E-state index is 0.272. The summed E-state index contributed by atoms with van der Waals surface area (Å²) < 4.78 is 5.25. The molecule has 92 valence electrons. The van der Waals surface area contributed by atoms with Gasteiger partial charge in [0.1, 0.15) is 5.75 Å². The molecule has 2 rings (SSSR count). The average molecular weight is 267 g/mol. The Labute approximate surface area is 110 Å². The van der Waals surface area contributed by atoms with E-state index in [9.17, 15) is 0 Å². The summed E-state index contributed by atoms with van der Waals surface area (Å²) in [6, 6.07) is 4.65. The highest BCUT2D eigenvalue weighted by Crippen LogP contribution is 2.35. The van der Waals surface area contributed by atoms with Crippen molar-refractivity contribution >= 4 is 22.7 Å². The summed E-state index contributed by atoms with van der Waals surface area (Å²) in [5.74, 6) is 0.940. The fraction of sp³-hybridized carbons (Fsp3) is 0.385. The summed E-state index contributed by atoms with van der Waals surface area (Å²) in [5, 5.41) is 5.44. The lowest BCUT2D eigenvalue weighted by atomic mass is 10.1. The molecule has 1 unspecified atom stereocenters. The number of hydrogen-bond acceptors (Lipinski definition) is 4. The minimum absolute atomic E-state index is 0.272. The molecule has 0 spiro atoms. The molecule has 2 nitrogen and oxygen atoms in total. The molecule has 0 aliphatic heterocycles. The van der Waals surface area contributed by atoms with Crippen molar-refractivity contribution in [1.82, 2.24) is 5.32 Å². The second-order valence-corrected chi connectivity index (χ2v) is 6.38. The molecule has 0 aromatic carbocycles. The van der Waals surface area contributed by atoms with Gasteiger partial charge >= 0.3 is 0 Å². The average Bonchev–Trinajstić information content (AvgIpc) is 2.88. The van der Waals surface area contributed by atoms with Crippen molar-refractivity contribution in [1.29, 1.82) is 0 Å². The van der Waals surface area contributed by atoms with Crippen LogP contribution in [0.15, 0.2) is 17.5 Å². The molecule has 0 amide bonds. The standard InChI is InChI=1S/C13H17NOS2/c1-8-5-11(9(2)17-8)13(14-3)12-6-10(15-4)7-16-12/h5-7,13-14H,1-4H3. The molecule has 0 aliphatic rings. The third kappa shape index (κ3) is 2.54. The maximum Gasteiger partial charge on any atom is 0.129 e. The van der Waals surface area contributed by atoms with Gasteiger partial charge in [-0.3, -0.25) is 0 Å². The third-order valence-corrected chi connectivity index (χ3v) is 4.75. The highest BCUT2D eigenvalue weighted by Gasteiger charge is 2.18. The van der Waals surface area contributed by atoms with Gasteiger partial charge in [-0.2, -0.15) is 0 Å². The van der Waals surface area contributed by atoms with Crippen LogP contribution in [0, 0.1) is 13.8 Å². The summed E-state index contributed by atoms with van der Waals surface area (Å²) in [7, 11) is 3.71. The monoisotopic (exact) mass is 267 g/mol. The second-order valence-electron chi connectivity index (χ2n) is 3.98. The summed E-state index contributed by atoms with van der Waals surface area (Å²) in [6.45, 7) is 4.34. The predicted molar refractivity (Wildman–Crippen MR) is 75.6 cm³/mol. The van der Waals surface area contributed by atoms with Crippen LogP contribution in [0.2, 0.25) is 0 Å². The summed E-state index contributed by atoms with van der Waals surface area (Å²) in [5.41, 5.74) is 1.37.